The first-order valence-corrected chi connectivity index (χ1v) is 11.9. The molecule has 2 unspecified atom stereocenters. The molecule has 0 heterocycles. The van der Waals surface area contributed by atoms with Gasteiger partial charge in [0.25, 0.3) is 0 Å². The summed E-state index contributed by atoms with van der Waals surface area (Å²) in [6, 6.07) is 16.1. The van der Waals surface area contributed by atoms with E-state index in [0.717, 1.165) is 17.5 Å². The molecule has 2 aliphatic rings. The van der Waals surface area contributed by atoms with E-state index in [1.54, 1.807) is 0 Å². The molecule has 7 nitrogen and oxygen atoms in total. The standard InChI is InChI=1S/C27H32N2O5/c1-27(2,14-24(30)31)16-28-25(32)21-12-7-13-23(21)29-26(33)34-15-22-19-10-5-3-8-17(19)18-9-4-6-11-20(18)22/h3-6,8-11,21-23H,7,12-16H2,1-2H3,(H,28,32)(H,29,33)(H,30,31). The first kappa shape index (κ1) is 23.8. The largest absolute Gasteiger partial charge is 0.481 e. The second-order valence-electron chi connectivity index (χ2n) is 10.1. The number of rotatable bonds is 8. The van der Waals surface area contributed by atoms with Crippen LogP contribution in [0.4, 0.5) is 4.79 Å². The van der Waals surface area contributed by atoms with E-state index >= 15 is 0 Å². The van der Waals surface area contributed by atoms with Crippen molar-refractivity contribution >= 4 is 18.0 Å². The summed E-state index contributed by atoms with van der Waals surface area (Å²) in [5, 5.41) is 14.8. The van der Waals surface area contributed by atoms with Crippen LogP contribution in [0, 0.1) is 11.3 Å². The third-order valence-corrected chi connectivity index (χ3v) is 6.87. The first-order valence-electron chi connectivity index (χ1n) is 11.9. The molecule has 0 spiro atoms. The highest BCUT2D eigenvalue weighted by Gasteiger charge is 2.36. The van der Waals surface area contributed by atoms with Gasteiger partial charge in [0.2, 0.25) is 5.91 Å². The lowest BCUT2D eigenvalue weighted by Crippen LogP contribution is -2.46. The Bertz CT molecular complexity index is 1030. The summed E-state index contributed by atoms with van der Waals surface area (Å²) in [6.07, 6.45) is 1.68. The zero-order valence-electron chi connectivity index (χ0n) is 19.7. The Kier molecular flexibility index (Phi) is 6.91. The summed E-state index contributed by atoms with van der Waals surface area (Å²) < 4.78 is 5.64. The molecule has 2 amide bonds. The zero-order chi connectivity index (χ0) is 24.3. The molecule has 2 aromatic carbocycles. The molecule has 0 saturated heterocycles. The second-order valence-corrected chi connectivity index (χ2v) is 10.1. The Hall–Kier alpha value is -3.35. The number of benzene rings is 2. The predicted molar refractivity (Wildman–Crippen MR) is 128 cm³/mol. The zero-order valence-corrected chi connectivity index (χ0v) is 19.7. The van der Waals surface area contributed by atoms with Crippen LogP contribution in [0.3, 0.4) is 0 Å². The van der Waals surface area contributed by atoms with Crippen molar-refractivity contribution in [2.24, 2.45) is 11.3 Å². The van der Waals surface area contributed by atoms with Gasteiger partial charge < -0.3 is 20.5 Å². The number of fused-ring (bicyclic) bond motifs is 3. The molecule has 180 valence electrons. The van der Waals surface area contributed by atoms with E-state index in [1.165, 1.54) is 11.1 Å². The topological polar surface area (TPSA) is 105 Å². The molecule has 0 radical (unpaired) electrons. The van der Waals surface area contributed by atoms with Crippen molar-refractivity contribution in [3.05, 3.63) is 59.7 Å². The summed E-state index contributed by atoms with van der Waals surface area (Å²) >= 11 is 0. The van der Waals surface area contributed by atoms with Crippen molar-refractivity contribution in [2.45, 2.75) is 51.5 Å². The van der Waals surface area contributed by atoms with Crippen molar-refractivity contribution in [1.82, 2.24) is 10.6 Å². The van der Waals surface area contributed by atoms with Gasteiger partial charge in [-0.25, -0.2) is 4.79 Å². The van der Waals surface area contributed by atoms with Gasteiger partial charge in [-0.15, -0.1) is 0 Å². The summed E-state index contributed by atoms with van der Waals surface area (Å²) in [5.41, 5.74) is 4.10. The minimum Gasteiger partial charge on any atom is -0.481 e. The maximum Gasteiger partial charge on any atom is 0.407 e. The Balaban J connectivity index is 1.32. The van der Waals surface area contributed by atoms with Crippen LogP contribution >= 0.6 is 0 Å². The van der Waals surface area contributed by atoms with Crippen molar-refractivity contribution in [3.8, 4) is 11.1 Å². The second kappa shape index (κ2) is 9.87. The molecule has 0 aromatic heterocycles. The number of hydrogen-bond donors (Lipinski definition) is 3. The number of ether oxygens (including phenoxy) is 1. The van der Waals surface area contributed by atoms with Gasteiger partial charge in [-0.05, 0) is 40.5 Å². The predicted octanol–water partition coefficient (Wildman–Crippen LogP) is 4.31. The minimum absolute atomic E-state index is 0.0164. The number of alkyl carbamates (subject to hydrolysis) is 1. The van der Waals surface area contributed by atoms with Gasteiger partial charge >= 0.3 is 12.1 Å². The number of carbonyl (C=O) groups excluding carboxylic acids is 2. The minimum atomic E-state index is -0.894. The quantitative estimate of drug-likeness (QED) is 0.540. The smallest absolute Gasteiger partial charge is 0.407 e. The molecule has 4 rings (SSSR count). The van der Waals surface area contributed by atoms with Crippen LogP contribution in [0.1, 0.15) is 56.6 Å². The Labute approximate surface area is 199 Å². The van der Waals surface area contributed by atoms with E-state index in [-0.39, 0.29) is 43.4 Å². The summed E-state index contributed by atoms with van der Waals surface area (Å²) in [6.45, 7) is 4.12. The van der Waals surface area contributed by atoms with Crippen LogP contribution in [0.25, 0.3) is 11.1 Å². The van der Waals surface area contributed by atoms with Gasteiger partial charge in [0.15, 0.2) is 0 Å². The SMILES string of the molecule is CC(C)(CNC(=O)C1CCCC1NC(=O)OCC1c2ccccc2-c2ccccc21)CC(=O)O. The normalized spacial score (nSPS) is 19.2. The van der Waals surface area contributed by atoms with Gasteiger partial charge in [-0.3, -0.25) is 9.59 Å². The van der Waals surface area contributed by atoms with E-state index in [9.17, 15) is 14.4 Å². The van der Waals surface area contributed by atoms with Gasteiger partial charge in [0.1, 0.15) is 6.61 Å². The van der Waals surface area contributed by atoms with Crippen molar-refractivity contribution in [2.75, 3.05) is 13.2 Å². The van der Waals surface area contributed by atoms with E-state index in [1.807, 2.05) is 38.1 Å². The molecule has 34 heavy (non-hydrogen) atoms. The molecule has 1 saturated carbocycles. The number of amides is 2. The lowest BCUT2D eigenvalue weighted by molar-refractivity contribution is -0.139. The van der Waals surface area contributed by atoms with Crippen LogP contribution in [-0.4, -0.2) is 42.3 Å². The molecular weight excluding hydrogens is 432 g/mol. The van der Waals surface area contributed by atoms with Crippen molar-refractivity contribution in [3.63, 3.8) is 0 Å². The Morgan fingerprint density at radius 1 is 1.00 bits per heavy atom. The fourth-order valence-corrected chi connectivity index (χ4v) is 5.17. The molecular formula is C27H32N2O5. The maximum atomic E-state index is 12.8. The summed E-state index contributed by atoms with van der Waals surface area (Å²) in [4.78, 5) is 36.4. The molecule has 7 heteroatoms. The number of carboxylic acid groups (broad SMARTS) is 1. The van der Waals surface area contributed by atoms with E-state index in [2.05, 4.69) is 34.9 Å². The third kappa shape index (κ3) is 5.24. The van der Waals surface area contributed by atoms with Crippen molar-refractivity contribution in [1.29, 1.82) is 0 Å². The van der Waals surface area contributed by atoms with Gasteiger partial charge in [0.05, 0.1) is 12.3 Å². The van der Waals surface area contributed by atoms with E-state index in [4.69, 9.17) is 9.84 Å². The molecule has 0 bridgehead atoms. The van der Waals surface area contributed by atoms with Crippen molar-refractivity contribution < 1.29 is 24.2 Å². The molecule has 2 aromatic rings. The lowest BCUT2D eigenvalue weighted by Gasteiger charge is -2.26. The van der Waals surface area contributed by atoms with E-state index in [0.29, 0.717) is 12.8 Å². The molecule has 3 N–H and O–H groups in total. The van der Waals surface area contributed by atoms with Gasteiger partial charge in [-0.1, -0.05) is 68.8 Å². The Morgan fingerprint density at radius 2 is 1.62 bits per heavy atom. The third-order valence-electron chi connectivity index (χ3n) is 6.87. The molecule has 2 aliphatic carbocycles. The molecule has 0 aliphatic heterocycles. The first-order chi connectivity index (χ1) is 16.2. The Morgan fingerprint density at radius 3 is 2.24 bits per heavy atom. The highest BCUT2D eigenvalue weighted by Crippen LogP contribution is 2.44. The lowest BCUT2D eigenvalue weighted by atomic mass is 9.89. The summed E-state index contributed by atoms with van der Waals surface area (Å²) in [5.74, 6) is -1.41. The van der Waals surface area contributed by atoms with Crippen LogP contribution < -0.4 is 10.6 Å². The highest BCUT2D eigenvalue weighted by atomic mass is 16.5. The maximum absolute atomic E-state index is 12.8. The number of aliphatic carboxylic acids is 1. The van der Waals surface area contributed by atoms with E-state index < -0.39 is 17.5 Å². The van der Waals surface area contributed by atoms with Gasteiger partial charge in [0, 0.05) is 18.5 Å². The average Bonchev–Trinajstić information content (AvgIpc) is 3.38. The fourth-order valence-electron chi connectivity index (χ4n) is 5.17. The van der Waals surface area contributed by atoms with Crippen LogP contribution in [-0.2, 0) is 14.3 Å². The van der Waals surface area contributed by atoms with Crippen LogP contribution in [0.5, 0.6) is 0 Å². The van der Waals surface area contributed by atoms with Crippen LogP contribution in [0.15, 0.2) is 48.5 Å². The van der Waals surface area contributed by atoms with Gasteiger partial charge in [-0.2, -0.15) is 0 Å². The molecule has 1 fully saturated rings. The number of carbonyl (C=O) groups is 3. The number of hydrogen-bond acceptors (Lipinski definition) is 4. The average molecular weight is 465 g/mol. The fraction of sp³-hybridized carbons (Fsp3) is 0.444. The monoisotopic (exact) mass is 464 g/mol. The summed E-state index contributed by atoms with van der Waals surface area (Å²) in [7, 11) is 0. The number of carboxylic acids is 1. The highest BCUT2D eigenvalue weighted by molar-refractivity contribution is 5.81. The number of nitrogens with one attached hydrogen (secondary N) is 2. The molecule has 2 atom stereocenters. The van der Waals surface area contributed by atoms with Crippen LogP contribution in [0.2, 0.25) is 0 Å².